The van der Waals surface area contributed by atoms with Crippen molar-refractivity contribution in [3.8, 4) is 0 Å². The van der Waals surface area contributed by atoms with Crippen molar-refractivity contribution in [3.63, 3.8) is 0 Å². The van der Waals surface area contributed by atoms with Crippen molar-refractivity contribution in [1.29, 1.82) is 0 Å². The van der Waals surface area contributed by atoms with Crippen LogP contribution in [0.3, 0.4) is 0 Å². The molecule has 0 aromatic carbocycles. The maximum absolute atomic E-state index is 13.0. The monoisotopic (exact) mass is 500 g/mol. The summed E-state index contributed by atoms with van der Waals surface area (Å²) in [6.07, 6.45) is -0.748. The molecule has 5 atom stereocenters. The first-order valence-electron chi connectivity index (χ1n) is 11.4. The molecule has 0 radical (unpaired) electrons. The normalized spacial score (nSPS) is 18.8. The predicted octanol–water partition coefficient (Wildman–Crippen LogP) is -3.22. The number of aliphatic carboxylic acids is 1. The van der Waals surface area contributed by atoms with Gasteiger partial charge in [0.1, 0.15) is 24.7 Å². The Morgan fingerprint density at radius 2 is 1.69 bits per heavy atom. The number of nitrogens with one attached hydrogen (secondary N) is 3. The molecule has 14 nitrogen and oxygen atoms in total. The van der Waals surface area contributed by atoms with E-state index in [0.717, 1.165) is 0 Å². The van der Waals surface area contributed by atoms with Gasteiger partial charge in [-0.3, -0.25) is 28.8 Å². The Hall–Kier alpha value is -3.26. The smallest absolute Gasteiger partial charge is 0.322 e. The third kappa shape index (κ3) is 9.48. The Labute approximate surface area is 203 Å². The topological polar surface area (TPSA) is 234 Å². The first kappa shape index (κ1) is 29.8. The minimum Gasteiger partial charge on any atom is -0.480 e. The van der Waals surface area contributed by atoms with Crippen LogP contribution < -0.4 is 27.4 Å². The predicted molar refractivity (Wildman–Crippen MR) is 122 cm³/mol. The lowest BCUT2D eigenvalue weighted by molar-refractivity contribution is -0.141. The molecule has 1 saturated heterocycles. The first-order chi connectivity index (χ1) is 16.2. The quantitative estimate of drug-likeness (QED) is 0.134. The Morgan fingerprint density at radius 3 is 2.20 bits per heavy atom. The Morgan fingerprint density at radius 1 is 1.06 bits per heavy atom. The minimum absolute atomic E-state index is 0.169. The van der Waals surface area contributed by atoms with E-state index in [9.17, 15) is 33.9 Å². The molecule has 0 aromatic heterocycles. The fourth-order valence-electron chi connectivity index (χ4n) is 3.73. The van der Waals surface area contributed by atoms with E-state index in [-0.39, 0.29) is 5.92 Å². The van der Waals surface area contributed by atoms with Crippen molar-refractivity contribution >= 4 is 35.5 Å². The highest BCUT2D eigenvalue weighted by Crippen LogP contribution is 2.20. The van der Waals surface area contributed by atoms with Crippen molar-refractivity contribution in [2.75, 3.05) is 13.1 Å². The lowest BCUT2D eigenvalue weighted by atomic mass is 10.0. The molecule has 0 spiro atoms. The van der Waals surface area contributed by atoms with Crippen LogP contribution in [0.2, 0.25) is 0 Å². The van der Waals surface area contributed by atoms with E-state index in [1.807, 2.05) is 19.2 Å². The van der Waals surface area contributed by atoms with Crippen LogP contribution in [-0.2, 0) is 28.8 Å². The van der Waals surface area contributed by atoms with Gasteiger partial charge in [0.15, 0.2) is 0 Å². The number of carboxylic acid groups (broad SMARTS) is 1. The molecule has 1 heterocycles. The Kier molecular flexibility index (Phi) is 11.6. The van der Waals surface area contributed by atoms with Gasteiger partial charge in [-0.05, 0) is 32.1 Å². The fourth-order valence-corrected chi connectivity index (χ4v) is 3.73. The zero-order valence-electron chi connectivity index (χ0n) is 20.2. The molecule has 35 heavy (non-hydrogen) atoms. The number of aliphatic hydroxyl groups excluding tert-OH is 1. The highest BCUT2D eigenvalue weighted by atomic mass is 16.4. The number of hydrogen-bond acceptors (Lipinski definition) is 8. The standard InChI is InChI=1S/C21H36N6O8/c1-10(2)7-12(22)21(35)27-6-4-5-14(27)19(33)25-13(8-15(23)29)18(32)26-17(11(3)28)20(34)24-9-16(30)31/h10-14,17,28H,4-9,22H2,1-3H3,(H2,23,29)(H,24,34)(H,25,33)(H,26,32)(H,30,31)/t11-,12+,13+,14+,17+/m1/s1. The van der Waals surface area contributed by atoms with Gasteiger partial charge in [-0.15, -0.1) is 0 Å². The van der Waals surface area contributed by atoms with E-state index in [4.69, 9.17) is 16.6 Å². The van der Waals surface area contributed by atoms with Crippen molar-refractivity contribution in [2.45, 2.75) is 76.7 Å². The lowest BCUT2D eigenvalue weighted by Gasteiger charge is -2.29. The number of nitrogens with two attached hydrogens (primary N) is 2. The van der Waals surface area contributed by atoms with Crippen LogP contribution in [0.4, 0.5) is 0 Å². The van der Waals surface area contributed by atoms with Gasteiger partial charge in [-0.1, -0.05) is 13.8 Å². The number of hydrogen-bond donors (Lipinski definition) is 7. The maximum Gasteiger partial charge on any atom is 0.322 e. The number of likely N-dealkylation sites (tertiary alicyclic amines) is 1. The second-order valence-electron chi connectivity index (χ2n) is 9.00. The van der Waals surface area contributed by atoms with Crippen LogP contribution in [-0.4, -0.2) is 94.0 Å². The van der Waals surface area contributed by atoms with E-state index in [2.05, 4.69) is 10.6 Å². The summed E-state index contributed by atoms with van der Waals surface area (Å²) < 4.78 is 0. The van der Waals surface area contributed by atoms with E-state index < -0.39 is 78.7 Å². The van der Waals surface area contributed by atoms with Gasteiger partial charge < -0.3 is 42.5 Å². The molecule has 0 saturated carbocycles. The summed E-state index contributed by atoms with van der Waals surface area (Å²) in [7, 11) is 0. The summed E-state index contributed by atoms with van der Waals surface area (Å²) in [6.45, 7) is 4.58. The number of rotatable bonds is 13. The number of amides is 5. The zero-order valence-corrected chi connectivity index (χ0v) is 20.2. The molecule has 1 rings (SSSR count). The first-order valence-corrected chi connectivity index (χ1v) is 11.4. The van der Waals surface area contributed by atoms with Crippen LogP contribution >= 0.6 is 0 Å². The molecule has 1 aliphatic heterocycles. The van der Waals surface area contributed by atoms with Crippen LogP contribution in [0.25, 0.3) is 0 Å². The molecule has 9 N–H and O–H groups in total. The van der Waals surface area contributed by atoms with E-state index in [1.54, 1.807) is 0 Å². The van der Waals surface area contributed by atoms with Crippen molar-refractivity contribution in [2.24, 2.45) is 17.4 Å². The van der Waals surface area contributed by atoms with Gasteiger partial charge in [-0.25, -0.2) is 0 Å². The van der Waals surface area contributed by atoms with Crippen LogP contribution in [0.1, 0.15) is 46.5 Å². The number of primary amides is 1. The van der Waals surface area contributed by atoms with Gasteiger partial charge in [-0.2, -0.15) is 0 Å². The largest absolute Gasteiger partial charge is 0.480 e. The van der Waals surface area contributed by atoms with E-state index >= 15 is 0 Å². The van der Waals surface area contributed by atoms with Crippen molar-refractivity contribution in [3.05, 3.63) is 0 Å². The van der Waals surface area contributed by atoms with Crippen LogP contribution in [0, 0.1) is 5.92 Å². The van der Waals surface area contributed by atoms with Crippen LogP contribution in [0.15, 0.2) is 0 Å². The highest BCUT2D eigenvalue weighted by molar-refractivity contribution is 5.97. The Balaban J connectivity index is 2.95. The summed E-state index contributed by atoms with van der Waals surface area (Å²) in [5, 5.41) is 25.2. The van der Waals surface area contributed by atoms with Crippen molar-refractivity contribution < 1.29 is 39.0 Å². The summed E-state index contributed by atoms with van der Waals surface area (Å²) >= 11 is 0. The van der Waals surface area contributed by atoms with Gasteiger partial charge in [0, 0.05) is 6.54 Å². The van der Waals surface area contributed by atoms with Crippen molar-refractivity contribution in [1.82, 2.24) is 20.9 Å². The number of carboxylic acids is 1. The van der Waals surface area contributed by atoms with Gasteiger partial charge >= 0.3 is 5.97 Å². The number of carbonyl (C=O) groups excluding carboxylic acids is 5. The van der Waals surface area contributed by atoms with E-state index in [0.29, 0.717) is 25.8 Å². The Bertz CT molecular complexity index is 818. The maximum atomic E-state index is 13.0. The molecular weight excluding hydrogens is 464 g/mol. The number of nitrogens with zero attached hydrogens (tertiary/aromatic N) is 1. The molecule has 5 amide bonds. The van der Waals surface area contributed by atoms with Crippen LogP contribution in [0.5, 0.6) is 0 Å². The summed E-state index contributed by atoms with van der Waals surface area (Å²) in [6, 6.07) is -4.76. The second-order valence-corrected chi connectivity index (χ2v) is 9.00. The molecule has 1 aliphatic rings. The summed E-state index contributed by atoms with van der Waals surface area (Å²) in [5.74, 6) is -5.16. The third-order valence-electron chi connectivity index (χ3n) is 5.40. The van der Waals surface area contributed by atoms with E-state index in [1.165, 1.54) is 11.8 Å². The zero-order chi connectivity index (χ0) is 26.9. The molecule has 0 bridgehead atoms. The molecule has 0 aliphatic carbocycles. The molecule has 1 fully saturated rings. The second kappa shape index (κ2) is 13.6. The fraction of sp³-hybridized carbons (Fsp3) is 0.714. The number of aliphatic hydroxyl groups is 1. The average Bonchev–Trinajstić information content (AvgIpc) is 3.23. The minimum atomic E-state index is -1.56. The van der Waals surface area contributed by atoms with Gasteiger partial charge in [0.25, 0.3) is 0 Å². The number of carbonyl (C=O) groups is 6. The lowest BCUT2D eigenvalue weighted by Crippen LogP contribution is -2.60. The molecule has 14 heteroatoms. The average molecular weight is 501 g/mol. The highest BCUT2D eigenvalue weighted by Gasteiger charge is 2.38. The SMILES string of the molecule is CC(C)C[C@H](N)C(=O)N1CCC[C@H]1C(=O)N[C@@H](CC(N)=O)C(=O)N[C@H](C(=O)NCC(=O)O)[C@@H](C)O. The van der Waals surface area contributed by atoms with Gasteiger partial charge in [0.2, 0.25) is 29.5 Å². The molecule has 0 unspecified atom stereocenters. The molecule has 198 valence electrons. The third-order valence-corrected chi connectivity index (χ3v) is 5.40. The van der Waals surface area contributed by atoms with Gasteiger partial charge in [0.05, 0.1) is 18.6 Å². The summed E-state index contributed by atoms with van der Waals surface area (Å²) in [4.78, 5) is 74.2. The molecular formula is C21H36N6O8. The summed E-state index contributed by atoms with van der Waals surface area (Å²) in [5.41, 5.74) is 11.2. The molecule has 0 aromatic rings.